The second-order valence-corrected chi connectivity index (χ2v) is 6.16. The van der Waals surface area contributed by atoms with Crippen molar-refractivity contribution in [1.82, 2.24) is 15.2 Å². The highest BCUT2D eigenvalue weighted by molar-refractivity contribution is 5.94. The van der Waals surface area contributed by atoms with Crippen LogP contribution in [0.3, 0.4) is 0 Å². The van der Waals surface area contributed by atoms with Gasteiger partial charge in [0.1, 0.15) is 17.2 Å². The number of hydrogen-bond donors (Lipinski definition) is 1. The molecule has 1 aromatic heterocycles. The van der Waals surface area contributed by atoms with Crippen LogP contribution in [-0.4, -0.2) is 27.0 Å². The van der Waals surface area contributed by atoms with Crippen LogP contribution in [0, 0.1) is 6.92 Å². The normalized spacial score (nSPS) is 16.0. The molecule has 1 aliphatic rings. The molecular formula is C20H18N4O3. The molecule has 0 aliphatic carbocycles. The van der Waals surface area contributed by atoms with Gasteiger partial charge in [0.25, 0.3) is 5.90 Å². The third kappa shape index (κ3) is 3.52. The van der Waals surface area contributed by atoms with Crippen molar-refractivity contribution in [3.05, 3.63) is 77.6 Å². The molecule has 136 valence electrons. The first-order valence-electron chi connectivity index (χ1n) is 8.50. The van der Waals surface area contributed by atoms with Gasteiger partial charge in [0.15, 0.2) is 0 Å². The number of para-hydroxylation sites is 1. The second-order valence-electron chi connectivity index (χ2n) is 6.16. The van der Waals surface area contributed by atoms with Crippen LogP contribution < -0.4 is 4.74 Å². The second kappa shape index (κ2) is 6.95. The summed E-state index contributed by atoms with van der Waals surface area (Å²) in [5, 5.41) is 12.6. The zero-order chi connectivity index (χ0) is 18.8. The molecule has 0 radical (unpaired) electrons. The van der Waals surface area contributed by atoms with Crippen LogP contribution in [0.1, 0.15) is 30.1 Å². The summed E-state index contributed by atoms with van der Waals surface area (Å²) >= 11 is 0. The van der Waals surface area contributed by atoms with Crippen molar-refractivity contribution in [3.63, 3.8) is 0 Å². The predicted octanol–water partition coefficient (Wildman–Crippen LogP) is 3.75. The van der Waals surface area contributed by atoms with E-state index in [4.69, 9.17) is 9.47 Å². The molecule has 7 heteroatoms. The van der Waals surface area contributed by atoms with Crippen LogP contribution in [0.15, 0.2) is 65.8 Å². The lowest BCUT2D eigenvalue weighted by atomic mass is 10.2. The highest BCUT2D eigenvalue weighted by Gasteiger charge is 2.34. The molecule has 3 aromatic rings. The number of carbonyl (C=O) groups is 1. The van der Waals surface area contributed by atoms with Gasteiger partial charge >= 0.3 is 0 Å². The summed E-state index contributed by atoms with van der Waals surface area (Å²) < 4.78 is 11.8. The lowest BCUT2D eigenvalue weighted by Gasteiger charge is -2.19. The van der Waals surface area contributed by atoms with Crippen molar-refractivity contribution in [2.75, 3.05) is 0 Å². The monoisotopic (exact) mass is 362 g/mol. The minimum absolute atomic E-state index is 0.225. The molecule has 0 bridgehead atoms. The first kappa shape index (κ1) is 16.8. The first-order chi connectivity index (χ1) is 13.1. The van der Waals surface area contributed by atoms with Crippen molar-refractivity contribution in [3.8, 4) is 11.5 Å². The van der Waals surface area contributed by atoms with Crippen LogP contribution >= 0.6 is 0 Å². The number of amides is 1. The number of rotatable bonds is 4. The summed E-state index contributed by atoms with van der Waals surface area (Å²) in [5.41, 5.74) is 2.19. The fourth-order valence-electron chi connectivity index (χ4n) is 2.77. The van der Waals surface area contributed by atoms with E-state index in [2.05, 4.69) is 15.3 Å². The van der Waals surface area contributed by atoms with E-state index >= 15 is 0 Å². The van der Waals surface area contributed by atoms with Crippen molar-refractivity contribution < 1.29 is 14.3 Å². The summed E-state index contributed by atoms with van der Waals surface area (Å²) in [5.74, 6) is 1.45. The van der Waals surface area contributed by atoms with Gasteiger partial charge in [-0.1, -0.05) is 30.3 Å². The molecule has 1 aliphatic heterocycles. The number of nitrogens with zero attached hydrogens (tertiary/aromatic N) is 3. The quantitative estimate of drug-likeness (QED) is 0.766. The number of hydrogen-bond acceptors (Lipinski definition) is 5. The smallest absolute Gasteiger partial charge is 0.261 e. The molecule has 2 aromatic carbocycles. The molecule has 0 saturated carbocycles. The molecule has 0 spiro atoms. The van der Waals surface area contributed by atoms with E-state index in [0.717, 1.165) is 17.0 Å². The summed E-state index contributed by atoms with van der Waals surface area (Å²) in [7, 11) is 0. The Bertz CT molecular complexity index is 997. The Morgan fingerprint density at radius 2 is 1.89 bits per heavy atom. The summed E-state index contributed by atoms with van der Waals surface area (Å²) in [6.45, 7) is 3.33. The van der Waals surface area contributed by atoms with Gasteiger partial charge in [0.05, 0.1) is 0 Å². The summed E-state index contributed by atoms with van der Waals surface area (Å²) in [6.07, 6.45) is -0.672. The van der Waals surface area contributed by atoms with Crippen molar-refractivity contribution in [1.29, 1.82) is 0 Å². The van der Waals surface area contributed by atoms with Gasteiger partial charge in [0.2, 0.25) is 12.1 Å². The van der Waals surface area contributed by atoms with Gasteiger partial charge in [-0.3, -0.25) is 9.89 Å². The van der Waals surface area contributed by atoms with E-state index in [1.54, 1.807) is 0 Å². The molecule has 1 atom stereocenters. The van der Waals surface area contributed by atoms with Gasteiger partial charge in [-0.05, 0) is 37.3 Å². The van der Waals surface area contributed by atoms with Gasteiger partial charge in [0, 0.05) is 18.2 Å². The summed E-state index contributed by atoms with van der Waals surface area (Å²) in [4.78, 5) is 12.1. The molecule has 7 nitrogen and oxygen atoms in total. The predicted molar refractivity (Wildman–Crippen MR) is 99.2 cm³/mol. The maximum absolute atomic E-state index is 12.1. The molecule has 2 heterocycles. The van der Waals surface area contributed by atoms with Crippen LogP contribution in [-0.2, 0) is 9.53 Å². The number of aromatic amines is 1. The fourth-order valence-corrected chi connectivity index (χ4v) is 2.77. The van der Waals surface area contributed by atoms with Crippen LogP contribution in [0.5, 0.6) is 11.5 Å². The van der Waals surface area contributed by atoms with Crippen molar-refractivity contribution >= 4 is 11.8 Å². The molecule has 0 unspecified atom stereocenters. The summed E-state index contributed by atoms with van der Waals surface area (Å²) in [6, 6.07) is 18.7. The minimum Gasteiger partial charge on any atom is -0.457 e. The Morgan fingerprint density at radius 1 is 1.11 bits per heavy atom. The van der Waals surface area contributed by atoms with Crippen LogP contribution in [0.4, 0.5) is 0 Å². The minimum atomic E-state index is -0.672. The van der Waals surface area contributed by atoms with E-state index in [1.807, 2.05) is 67.6 Å². The van der Waals surface area contributed by atoms with Gasteiger partial charge in [-0.15, -0.1) is 5.10 Å². The standard InChI is InChI=1S/C20H18N4O3/c1-13-11-18(22-21-13)19-23-24(14(2)25)20(27-19)15-7-6-10-17(12-15)26-16-8-4-3-5-9-16/h3-12,20H,1-2H3,(H,21,22)/t20-/m0/s1. The Balaban J connectivity index is 1.60. The van der Waals surface area contributed by atoms with Crippen LogP contribution in [0.2, 0.25) is 0 Å². The Kier molecular flexibility index (Phi) is 4.33. The average molecular weight is 362 g/mol. The molecule has 1 N–H and O–H groups in total. The highest BCUT2D eigenvalue weighted by Crippen LogP contribution is 2.32. The molecule has 27 heavy (non-hydrogen) atoms. The Morgan fingerprint density at radius 3 is 2.59 bits per heavy atom. The van der Waals surface area contributed by atoms with E-state index < -0.39 is 6.23 Å². The van der Waals surface area contributed by atoms with E-state index in [0.29, 0.717) is 17.3 Å². The SMILES string of the molecule is CC(=O)N1N=C(c2cc(C)[nH]n2)O[C@H]1c1cccc(Oc2ccccc2)c1. The van der Waals surface area contributed by atoms with Crippen LogP contribution in [0.25, 0.3) is 0 Å². The molecule has 4 rings (SSSR count). The van der Waals surface area contributed by atoms with E-state index in [1.165, 1.54) is 11.9 Å². The van der Waals surface area contributed by atoms with Gasteiger partial charge < -0.3 is 9.47 Å². The lowest BCUT2D eigenvalue weighted by molar-refractivity contribution is -0.135. The maximum Gasteiger partial charge on any atom is 0.261 e. The number of nitrogens with one attached hydrogen (secondary N) is 1. The third-order valence-corrected chi connectivity index (χ3v) is 4.01. The highest BCUT2D eigenvalue weighted by atomic mass is 16.5. The average Bonchev–Trinajstić information content (AvgIpc) is 3.29. The number of ether oxygens (including phenoxy) is 2. The maximum atomic E-state index is 12.1. The topological polar surface area (TPSA) is 79.8 Å². The number of aryl methyl sites for hydroxylation is 1. The fraction of sp³-hybridized carbons (Fsp3) is 0.150. The van der Waals surface area contributed by atoms with Crippen molar-refractivity contribution in [2.24, 2.45) is 5.10 Å². The van der Waals surface area contributed by atoms with E-state index in [-0.39, 0.29) is 5.91 Å². The molecule has 0 fully saturated rings. The number of benzene rings is 2. The Hall–Kier alpha value is -3.61. The van der Waals surface area contributed by atoms with Crippen molar-refractivity contribution in [2.45, 2.75) is 20.1 Å². The third-order valence-electron chi connectivity index (χ3n) is 4.01. The zero-order valence-corrected chi connectivity index (χ0v) is 14.9. The number of carbonyl (C=O) groups excluding carboxylic acids is 1. The largest absolute Gasteiger partial charge is 0.457 e. The number of hydrazone groups is 1. The first-order valence-corrected chi connectivity index (χ1v) is 8.50. The molecule has 0 saturated heterocycles. The van der Waals surface area contributed by atoms with Gasteiger partial charge in [-0.2, -0.15) is 10.1 Å². The number of aromatic nitrogens is 2. The molecule has 1 amide bonds. The zero-order valence-electron chi connectivity index (χ0n) is 14.9. The van der Waals surface area contributed by atoms with Gasteiger partial charge in [-0.25, -0.2) is 0 Å². The molecular weight excluding hydrogens is 344 g/mol. The lowest BCUT2D eigenvalue weighted by Crippen LogP contribution is -2.25. The number of H-pyrrole nitrogens is 1. The Labute approximate surface area is 156 Å². The van der Waals surface area contributed by atoms with E-state index in [9.17, 15) is 4.79 Å².